The third-order valence-electron chi connectivity index (χ3n) is 9.23. The highest BCUT2D eigenvalue weighted by molar-refractivity contribution is 5.83. The van der Waals surface area contributed by atoms with E-state index in [1.165, 1.54) is 11.1 Å². The van der Waals surface area contributed by atoms with Crippen molar-refractivity contribution < 1.29 is 20.4 Å². The summed E-state index contributed by atoms with van der Waals surface area (Å²) in [4.78, 5) is 13.7. The SMILES string of the molecule is CC(O)CCCc1c(CCCC(C)O)c2c(CCCC(C)O)c3nc(cc4ccc(cc5nc(cc1n2CCCC(C)O)C=C5)[nH]4)C=C3. The molecular formula is C40H54N4O4. The predicted molar refractivity (Wildman–Crippen MR) is 197 cm³/mol. The van der Waals surface area contributed by atoms with E-state index in [0.29, 0.717) is 25.7 Å². The second-order valence-electron chi connectivity index (χ2n) is 13.9. The zero-order chi connectivity index (χ0) is 34.2. The van der Waals surface area contributed by atoms with Gasteiger partial charge in [-0.1, -0.05) is 0 Å². The minimum atomic E-state index is -0.398. The van der Waals surface area contributed by atoms with Crippen LogP contribution in [0.25, 0.3) is 46.4 Å². The monoisotopic (exact) mass is 654 g/mol. The Morgan fingerprint density at radius 3 is 1.65 bits per heavy atom. The number of aliphatic hydroxyl groups excluding tert-OH is 4. The van der Waals surface area contributed by atoms with Gasteiger partial charge in [-0.05, 0) is 164 Å². The average molecular weight is 655 g/mol. The molecule has 4 unspecified atom stereocenters. The van der Waals surface area contributed by atoms with Crippen LogP contribution in [0.15, 0.2) is 30.3 Å². The lowest BCUT2D eigenvalue weighted by molar-refractivity contribution is 0.180. The van der Waals surface area contributed by atoms with Crippen LogP contribution in [0, 0.1) is 0 Å². The number of aryl methyl sites for hydroxylation is 4. The van der Waals surface area contributed by atoms with Crippen molar-refractivity contribution >= 4 is 46.4 Å². The molecule has 0 radical (unpaired) electrons. The van der Waals surface area contributed by atoms with Gasteiger partial charge in [0.15, 0.2) is 0 Å². The number of hydrogen-bond donors (Lipinski definition) is 5. The molecule has 0 saturated heterocycles. The van der Waals surface area contributed by atoms with Crippen molar-refractivity contribution in [1.82, 2.24) is 19.5 Å². The Morgan fingerprint density at radius 2 is 1.06 bits per heavy atom. The Hall–Kier alpha value is -3.56. The first-order valence-electron chi connectivity index (χ1n) is 17.9. The van der Waals surface area contributed by atoms with E-state index in [4.69, 9.17) is 9.97 Å². The number of fused-ring (bicyclic) bond motifs is 8. The molecule has 0 aromatic carbocycles. The van der Waals surface area contributed by atoms with Crippen molar-refractivity contribution in [2.45, 2.75) is 129 Å². The number of rotatable bonds is 16. The smallest absolute Gasteiger partial charge is 0.0690 e. The van der Waals surface area contributed by atoms with Gasteiger partial charge in [0, 0.05) is 28.7 Å². The zero-order valence-electron chi connectivity index (χ0n) is 29.1. The van der Waals surface area contributed by atoms with Crippen LogP contribution in [0.5, 0.6) is 0 Å². The fourth-order valence-corrected chi connectivity index (χ4v) is 6.91. The van der Waals surface area contributed by atoms with Gasteiger partial charge in [0.2, 0.25) is 0 Å². The minimum absolute atomic E-state index is 0.382. The molecule has 258 valence electrons. The normalized spacial score (nSPS) is 15.2. The molecule has 5 heterocycles. The predicted octanol–water partition coefficient (Wildman–Crippen LogP) is 7.40. The van der Waals surface area contributed by atoms with Gasteiger partial charge in [-0.25, -0.2) is 9.97 Å². The van der Waals surface area contributed by atoms with Gasteiger partial charge in [0.05, 0.1) is 52.7 Å². The molecule has 3 aromatic rings. The van der Waals surface area contributed by atoms with E-state index in [0.717, 1.165) is 102 Å². The van der Waals surface area contributed by atoms with Gasteiger partial charge < -0.3 is 30.0 Å². The number of hydrogen-bond acceptors (Lipinski definition) is 6. The summed E-state index contributed by atoms with van der Waals surface area (Å²) < 4.78 is 2.44. The Labute approximate surface area is 284 Å². The molecule has 8 nitrogen and oxygen atoms in total. The van der Waals surface area contributed by atoms with E-state index in [9.17, 15) is 20.4 Å². The van der Waals surface area contributed by atoms with Crippen molar-refractivity contribution in [1.29, 1.82) is 0 Å². The van der Waals surface area contributed by atoms with Crippen LogP contribution in [0.1, 0.15) is 119 Å². The van der Waals surface area contributed by atoms with Gasteiger partial charge in [-0.15, -0.1) is 0 Å². The second kappa shape index (κ2) is 16.7. The van der Waals surface area contributed by atoms with Crippen molar-refractivity contribution in [2.75, 3.05) is 0 Å². The number of aliphatic hydroxyl groups is 4. The molecule has 2 aliphatic rings. The number of nitrogens with one attached hydrogen (secondary N) is 1. The third kappa shape index (κ3) is 9.53. The van der Waals surface area contributed by atoms with Crippen LogP contribution in [0.2, 0.25) is 0 Å². The average Bonchev–Trinajstić information content (AvgIpc) is 3.81. The van der Waals surface area contributed by atoms with Crippen molar-refractivity contribution in [3.8, 4) is 0 Å². The molecule has 5 rings (SSSR count). The van der Waals surface area contributed by atoms with Gasteiger partial charge in [0.25, 0.3) is 0 Å². The van der Waals surface area contributed by atoms with Crippen LogP contribution >= 0.6 is 0 Å². The van der Waals surface area contributed by atoms with Crippen LogP contribution in [-0.4, -0.2) is 64.4 Å². The summed E-state index contributed by atoms with van der Waals surface area (Å²) in [5.41, 5.74) is 11.4. The number of aromatic nitrogens is 4. The maximum Gasteiger partial charge on any atom is 0.0690 e. The fourth-order valence-electron chi connectivity index (χ4n) is 6.91. The Kier molecular flexibility index (Phi) is 12.4. The molecule has 4 atom stereocenters. The summed E-state index contributed by atoms with van der Waals surface area (Å²) in [6, 6.07) is 10.4. The lowest BCUT2D eigenvalue weighted by Gasteiger charge is -2.14. The van der Waals surface area contributed by atoms with E-state index < -0.39 is 12.2 Å². The van der Waals surface area contributed by atoms with E-state index in [1.54, 1.807) is 0 Å². The largest absolute Gasteiger partial charge is 0.393 e. The Balaban J connectivity index is 1.89. The zero-order valence-corrected chi connectivity index (χ0v) is 29.1. The highest BCUT2D eigenvalue weighted by atomic mass is 16.3. The maximum atomic E-state index is 10.3. The van der Waals surface area contributed by atoms with Crippen LogP contribution < -0.4 is 0 Å². The molecule has 0 saturated carbocycles. The van der Waals surface area contributed by atoms with Gasteiger partial charge in [0.1, 0.15) is 0 Å². The van der Waals surface area contributed by atoms with Crippen molar-refractivity contribution in [2.24, 2.45) is 0 Å². The molecule has 5 N–H and O–H groups in total. The highest BCUT2D eigenvalue weighted by Crippen LogP contribution is 2.35. The molecule has 2 aliphatic heterocycles. The minimum Gasteiger partial charge on any atom is -0.393 e. The van der Waals surface area contributed by atoms with Gasteiger partial charge >= 0.3 is 0 Å². The molecule has 3 aromatic heterocycles. The molecule has 8 heteroatoms. The first-order valence-corrected chi connectivity index (χ1v) is 17.9. The van der Waals surface area contributed by atoms with Crippen LogP contribution in [-0.2, 0) is 25.8 Å². The summed E-state index contributed by atoms with van der Waals surface area (Å²) in [5.74, 6) is 0. The van der Waals surface area contributed by atoms with Crippen molar-refractivity contribution in [3.05, 3.63) is 69.8 Å². The number of nitrogens with zero attached hydrogens (tertiary/aromatic N) is 3. The first-order chi connectivity index (χ1) is 23.1. The van der Waals surface area contributed by atoms with Crippen LogP contribution in [0.4, 0.5) is 0 Å². The summed E-state index contributed by atoms with van der Waals surface area (Å²) in [7, 11) is 0. The summed E-state index contributed by atoms with van der Waals surface area (Å²) in [6.45, 7) is 8.09. The fraction of sp³-hybridized carbons (Fsp3) is 0.500. The Morgan fingerprint density at radius 1 is 0.583 bits per heavy atom. The standard InChI is InChI=1S/C40H54N4O4/c1-26(45)9-5-13-35-36(14-6-10-27(2)46)40-37(15-7-11-28(3)47)38-21-20-33(43-38)24-32-17-16-30(41-32)23-31-18-19-34(42-31)25-39(35)44(40)22-8-12-29(4)48/h16-21,23-29,41,45-48H,5-15,22H2,1-4H3. The maximum absolute atomic E-state index is 10.3. The topological polar surface area (TPSA) is 127 Å². The van der Waals surface area contributed by atoms with E-state index in [2.05, 4.69) is 58.1 Å². The molecule has 8 bridgehead atoms. The summed E-state index contributed by atoms with van der Waals surface area (Å²) >= 11 is 0. The van der Waals surface area contributed by atoms with E-state index in [1.807, 2.05) is 33.8 Å². The summed E-state index contributed by atoms with van der Waals surface area (Å²) in [6.07, 6.45) is 15.1. The van der Waals surface area contributed by atoms with E-state index in [-0.39, 0.29) is 12.2 Å². The van der Waals surface area contributed by atoms with Crippen LogP contribution in [0.3, 0.4) is 0 Å². The molecule has 0 aliphatic carbocycles. The van der Waals surface area contributed by atoms with Gasteiger partial charge in [-0.2, -0.15) is 0 Å². The molecule has 48 heavy (non-hydrogen) atoms. The number of H-pyrrole nitrogens is 1. The van der Waals surface area contributed by atoms with E-state index >= 15 is 0 Å². The first kappa shape index (κ1) is 35.7. The molecular weight excluding hydrogens is 600 g/mol. The quantitative estimate of drug-likeness (QED) is 0.0755. The lowest BCUT2D eigenvalue weighted by atomic mass is 9.95. The third-order valence-corrected chi connectivity index (χ3v) is 9.23. The second-order valence-corrected chi connectivity index (χ2v) is 13.9. The highest BCUT2D eigenvalue weighted by Gasteiger charge is 2.22. The molecule has 0 spiro atoms. The Bertz CT molecular complexity index is 1760. The summed E-state index contributed by atoms with van der Waals surface area (Å²) in [5, 5.41) is 41.0. The number of aromatic amines is 1. The lowest BCUT2D eigenvalue weighted by Crippen LogP contribution is -2.07. The molecule has 0 fully saturated rings. The molecule has 0 amide bonds. The van der Waals surface area contributed by atoms with Gasteiger partial charge in [-0.3, -0.25) is 0 Å². The van der Waals surface area contributed by atoms with Crippen molar-refractivity contribution in [3.63, 3.8) is 0 Å².